The summed E-state index contributed by atoms with van der Waals surface area (Å²) >= 11 is 1.93. The van der Waals surface area contributed by atoms with Crippen molar-refractivity contribution in [1.29, 1.82) is 0 Å². The van der Waals surface area contributed by atoms with Gasteiger partial charge in [0.1, 0.15) is 0 Å². The summed E-state index contributed by atoms with van der Waals surface area (Å²) in [5, 5.41) is 0. The molecule has 0 aliphatic heterocycles. The van der Waals surface area contributed by atoms with Crippen LogP contribution >= 0.6 is 11.3 Å². The van der Waals surface area contributed by atoms with Crippen molar-refractivity contribution in [2.75, 3.05) is 0 Å². The average Bonchev–Trinajstić information content (AvgIpc) is 3.03. The number of rotatable bonds is 0. The van der Waals surface area contributed by atoms with Crippen LogP contribution in [0, 0.1) is 0 Å². The quantitative estimate of drug-likeness (QED) is 0.515. The number of aromatic nitrogens is 2. The molecule has 3 aromatic rings. The topological polar surface area (TPSA) is 17.3 Å². The molecule has 3 heteroatoms. The Kier molecular flexibility index (Phi) is 4.15. The Hall–Kier alpha value is -1.35. The third-order valence-corrected chi connectivity index (χ3v) is 6.05. The molecule has 0 amide bonds. The Bertz CT molecular complexity index is 768. The molecule has 2 aromatic heterocycles. The van der Waals surface area contributed by atoms with Crippen LogP contribution < -0.4 is 0 Å². The summed E-state index contributed by atoms with van der Waals surface area (Å²) in [6.45, 7) is 0. The van der Waals surface area contributed by atoms with Gasteiger partial charge >= 0.3 is 0 Å². The molecule has 0 saturated heterocycles. The van der Waals surface area contributed by atoms with Crippen LogP contribution in [0.3, 0.4) is 0 Å². The lowest BCUT2D eigenvalue weighted by Gasteiger charge is -2.08. The van der Waals surface area contributed by atoms with E-state index in [4.69, 9.17) is 4.98 Å². The van der Waals surface area contributed by atoms with Gasteiger partial charge in [0.15, 0.2) is 4.96 Å². The zero-order valence-corrected chi connectivity index (χ0v) is 14.0. The van der Waals surface area contributed by atoms with Gasteiger partial charge in [-0.25, -0.2) is 4.98 Å². The van der Waals surface area contributed by atoms with E-state index >= 15 is 0 Å². The maximum atomic E-state index is 4.85. The number of hydrogen-bond acceptors (Lipinski definition) is 2. The molecule has 1 aliphatic rings. The number of benzene rings is 1. The molecule has 0 N–H and O–H groups in total. The third kappa shape index (κ3) is 2.67. The van der Waals surface area contributed by atoms with Crippen molar-refractivity contribution in [1.82, 2.24) is 9.38 Å². The Morgan fingerprint density at radius 1 is 0.818 bits per heavy atom. The highest BCUT2D eigenvalue weighted by atomic mass is 32.1. The lowest BCUT2D eigenvalue weighted by Crippen LogP contribution is -1.98. The first-order valence-corrected chi connectivity index (χ1v) is 9.63. The molecule has 0 atom stereocenters. The van der Waals surface area contributed by atoms with Crippen molar-refractivity contribution in [2.24, 2.45) is 0 Å². The van der Waals surface area contributed by atoms with Gasteiger partial charge in [-0.15, -0.1) is 11.3 Å². The van der Waals surface area contributed by atoms with Gasteiger partial charge in [0.2, 0.25) is 0 Å². The minimum Gasteiger partial charge on any atom is -0.287 e. The van der Waals surface area contributed by atoms with E-state index in [1.54, 1.807) is 10.6 Å². The third-order valence-electron chi connectivity index (χ3n) is 4.90. The number of thiazole rings is 1. The molecule has 0 spiro atoms. The van der Waals surface area contributed by atoms with Crippen molar-refractivity contribution >= 4 is 27.3 Å². The predicted molar refractivity (Wildman–Crippen MR) is 94.9 cm³/mol. The molecule has 4 rings (SSSR count). The zero-order valence-electron chi connectivity index (χ0n) is 13.2. The van der Waals surface area contributed by atoms with Gasteiger partial charge in [0.05, 0.1) is 11.0 Å². The van der Waals surface area contributed by atoms with Crippen molar-refractivity contribution in [3.63, 3.8) is 0 Å². The van der Waals surface area contributed by atoms with Gasteiger partial charge in [-0.05, 0) is 37.8 Å². The normalized spacial score (nSPS) is 18.0. The minimum atomic E-state index is 1.14. The monoisotopic (exact) mass is 312 g/mol. The predicted octanol–water partition coefficient (Wildman–Crippen LogP) is 5.77. The maximum absolute atomic E-state index is 4.85. The summed E-state index contributed by atoms with van der Waals surface area (Å²) in [5.41, 5.74) is 3.99. The maximum Gasteiger partial charge on any atom is 0.195 e. The fourth-order valence-corrected chi connectivity index (χ4v) is 4.93. The molecule has 116 valence electrons. The van der Waals surface area contributed by atoms with E-state index < -0.39 is 0 Å². The Balaban J connectivity index is 1.76. The second kappa shape index (κ2) is 6.41. The second-order valence-electron chi connectivity index (χ2n) is 6.52. The molecule has 2 heterocycles. The summed E-state index contributed by atoms with van der Waals surface area (Å²) in [5.74, 6) is 0. The van der Waals surface area contributed by atoms with Crippen LogP contribution in [0.5, 0.6) is 0 Å². The van der Waals surface area contributed by atoms with Gasteiger partial charge in [-0.2, -0.15) is 0 Å². The van der Waals surface area contributed by atoms with Crippen molar-refractivity contribution in [3.05, 3.63) is 34.8 Å². The highest BCUT2D eigenvalue weighted by Crippen LogP contribution is 2.31. The molecule has 1 aromatic carbocycles. The summed E-state index contributed by atoms with van der Waals surface area (Å²) in [4.78, 5) is 7.63. The summed E-state index contributed by atoms with van der Waals surface area (Å²) < 4.78 is 2.45. The lowest BCUT2D eigenvalue weighted by atomic mass is 10.0. The van der Waals surface area contributed by atoms with Gasteiger partial charge in [-0.1, -0.05) is 50.7 Å². The smallest absolute Gasteiger partial charge is 0.195 e. The molecule has 2 nitrogen and oxygen atoms in total. The molecule has 0 saturated carbocycles. The Morgan fingerprint density at radius 3 is 2.32 bits per heavy atom. The Morgan fingerprint density at radius 2 is 1.50 bits per heavy atom. The molecule has 0 bridgehead atoms. The number of imidazole rings is 1. The Labute approximate surface area is 136 Å². The SMILES string of the molecule is c1ccc2c(c1)nc1sc3c(n12)CCCCCCCCCC3. The number of fused-ring (bicyclic) bond motifs is 5. The number of nitrogens with zero attached hydrogens (tertiary/aromatic N) is 2. The molecular formula is C19H24N2S. The fraction of sp³-hybridized carbons (Fsp3) is 0.526. The van der Waals surface area contributed by atoms with Crippen LogP contribution in [-0.4, -0.2) is 9.38 Å². The van der Waals surface area contributed by atoms with Crippen LogP contribution in [0.25, 0.3) is 16.0 Å². The van der Waals surface area contributed by atoms with Gasteiger partial charge in [0.25, 0.3) is 0 Å². The molecule has 0 unspecified atom stereocenters. The van der Waals surface area contributed by atoms with E-state index in [1.165, 1.54) is 74.7 Å². The van der Waals surface area contributed by atoms with Gasteiger partial charge in [0, 0.05) is 10.6 Å². The molecule has 0 radical (unpaired) electrons. The van der Waals surface area contributed by atoms with E-state index in [9.17, 15) is 0 Å². The van der Waals surface area contributed by atoms with Gasteiger partial charge in [-0.3, -0.25) is 4.40 Å². The van der Waals surface area contributed by atoms with E-state index in [0.29, 0.717) is 0 Å². The average molecular weight is 312 g/mol. The first-order valence-electron chi connectivity index (χ1n) is 8.81. The van der Waals surface area contributed by atoms with E-state index in [-0.39, 0.29) is 0 Å². The zero-order chi connectivity index (χ0) is 14.8. The lowest BCUT2D eigenvalue weighted by molar-refractivity contribution is 0.558. The summed E-state index contributed by atoms with van der Waals surface area (Å²) in [6.07, 6.45) is 13.6. The largest absolute Gasteiger partial charge is 0.287 e. The fourth-order valence-electron chi connectivity index (χ4n) is 3.71. The van der Waals surface area contributed by atoms with Crippen molar-refractivity contribution in [3.8, 4) is 0 Å². The highest BCUT2D eigenvalue weighted by Gasteiger charge is 2.16. The minimum absolute atomic E-state index is 1.14. The molecule has 1 aliphatic carbocycles. The first kappa shape index (κ1) is 14.3. The van der Waals surface area contributed by atoms with E-state index in [2.05, 4.69) is 28.7 Å². The van der Waals surface area contributed by atoms with Crippen LogP contribution in [-0.2, 0) is 12.8 Å². The van der Waals surface area contributed by atoms with Crippen LogP contribution in [0.2, 0.25) is 0 Å². The van der Waals surface area contributed by atoms with E-state index in [0.717, 1.165) is 5.52 Å². The van der Waals surface area contributed by atoms with Crippen LogP contribution in [0.15, 0.2) is 24.3 Å². The molecular weight excluding hydrogens is 288 g/mol. The van der Waals surface area contributed by atoms with Crippen molar-refractivity contribution in [2.45, 2.75) is 64.2 Å². The van der Waals surface area contributed by atoms with Crippen LogP contribution in [0.1, 0.15) is 61.9 Å². The molecule has 22 heavy (non-hydrogen) atoms. The van der Waals surface area contributed by atoms with Gasteiger partial charge < -0.3 is 0 Å². The molecule has 0 fully saturated rings. The number of aryl methyl sites for hydroxylation is 2. The first-order chi connectivity index (χ1) is 10.9. The summed E-state index contributed by atoms with van der Waals surface area (Å²) in [6, 6.07) is 8.58. The van der Waals surface area contributed by atoms with Crippen molar-refractivity contribution < 1.29 is 0 Å². The highest BCUT2D eigenvalue weighted by molar-refractivity contribution is 7.17. The van der Waals surface area contributed by atoms with Crippen LogP contribution in [0.4, 0.5) is 0 Å². The number of para-hydroxylation sites is 2. The summed E-state index contributed by atoms with van der Waals surface area (Å²) in [7, 11) is 0. The number of hydrogen-bond donors (Lipinski definition) is 0. The standard InChI is InChI=1S/C19H24N2S/c1-2-4-6-8-14-18-17(13-7-5-3-1)21-16-12-10-9-11-15(16)20-19(21)22-18/h9-12H,1-8,13-14H2. The van der Waals surface area contributed by atoms with E-state index in [1.807, 2.05) is 11.3 Å². The second-order valence-corrected chi connectivity index (χ2v) is 7.58.